The smallest absolute Gasteiger partial charge is 0.266 e. The molecule has 1 aromatic carbocycles. The second-order valence-corrected chi connectivity index (χ2v) is 2.68. The largest absolute Gasteiger partial charge is 0.286 e. The van der Waals surface area contributed by atoms with E-state index in [4.69, 9.17) is 0 Å². The molecule has 5 heteroatoms. The van der Waals surface area contributed by atoms with Crippen molar-refractivity contribution in [2.75, 3.05) is 0 Å². The minimum absolute atomic E-state index is 0.427. The minimum Gasteiger partial charge on any atom is -0.266 e. The number of nitrogens with zero attached hydrogens (tertiary/aromatic N) is 2. The van der Waals surface area contributed by atoms with Gasteiger partial charge >= 0.3 is 0 Å². The molecular weight excluding hydrogens is 184 g/mol. The molecule has 1 aromatic heterocycles. The third kappa shape index (κ3) is 1.24. The summed E-state index contributed by atoms with van der Waals surface area (Å²) in [5.41, 5.74) is 0.0860. The predicted octanol–water partition coefficient (Wildman–Crippen LogP) is 1.11. The number of fused-ring (bicyclic) bond motifs is 1. The van der Waals surface area contributed by atoms with Crippen LogP contribution in [-0.4, -0.2) is 4.73 Å². The van der Waals surface area contributed by atoms with Crippen LogP contribution in [0.1, 0.15) is 0 Å². The van der Waals surface area contributed by atoms with Crippen LogP contribution in [-0.2, 0) is 0 Å². The zero-order valence-electron chi connectivity index (χ0n) is 7.08. The molecule has 70 valence electrons. The van der Waals surface area contributed by atoms with Crippen LogP contribution in [0.2, 0.25) is 0 Å². The maximum Gasteiger partial charge on any atom is 0.286 e. The van der Waals surface area contributed by atoms with Crippen molar-refractivity contribution in [3.05, 3.63) is 51.7 Å². The van der Waals surface area contributed by atoms with Crippen LogP contribution in [0.25, 0.3) is 10.9 Å². The molecule has 14 heavy (non-hydrogen) atoms. The fourth-order valence-electron chi connectivity index (χ4n) is 1.28. The molecule has 0 radical (unpaired) electrons. The van der Waals surface area contributed by atoms with Crippen molar-refractivity contribution in [2.24, 2.45) is 5.34 Å². The number of hydrogen-bond acceptors (Lipinski definition) is 4. The Kier molecular flexibility index (Phi) is 1.98. The lowest BCUT2D eigenvalue weighted by atomic mass is 10.2. The van der Waals surface area contributed by atoms with E-state index in [1.54, 1.807) is 24.3 Å². The standard InChI is InChI=1S/C9H6N2O3/c12-9-6-5-7-3-1-2-4-8(7)11(9)14-10-13/h1-6H. The van der Waals surface area contributed by atoms with Gasteiger partial charge in [0.2, 0.25) is 0 Å². The van der Waals surface area contributed by atoms with E-state index >= 15 is 0 Å². The summed E-state index contributed by atoms with van der Waals surface area (Å²) in [6.45, 7) is 0. The molecule has 0 aliphatic carbocycles. The SMILES string of the molecule is O=NOn1c(=O)ccc2ccccc21. The van der Waals surface area contributed by atoms with Gasteiger partial charge in [-0.25, -0.2) is 4.94 Å². The molecule has 1 heterocycles. The summed E-state index contributed by atoms with van der Waals surface area (Å²) in [4.78, 5) is 25.5. The van der Waals surface area contributed by atoms with E-state index in [2.05, 4.69) is 10.3 Å². The van der Waals surface area contributed by atoms with E-state index in [1.807, 2.05) is 6.07 Å². The molecule has 0 aliphatic heterocycles. The average Bonchev–Trinajstić information content (AvgIpc) is 2.23. The van der Waals surface area contributed by atoms with Crippen molar-refractivity contribution >= 4 is 10.9 Å². The molecule has 0 unspecified atom stereocenters. The first-order valence-electron chi connectivity index (χ1n) is 3.94. The third-order valence-electron chi connectivity index (χ3n) is 1.88. The maximum absolute atomic E-state index is 11.3. The summed E-state index contributed by atoms with van der Waals surface area (Å²) in [6, 6.07) is 10.0. The van der Waals surface area contributed by atoms with Gasteiger partial charge < -0.3 is 0 Å². The van der Waals surface area contributed by atoms with Gasteiger partial charge in [-0.1, -0.05) is 18.2 Å². The van der Waals surface area contributed by atoms with E-state index in [9.17, 15) is 9.70 Å². The summed E-state index contributed by atoms with van der Waals surface area (Å²) in [6.07, 6.45) is 0. The topological polar surface area (TPSA) is 60.7 Å². The van der Waals surface area contributed by atoms with E-state index < -0.39 is 5.56 Å². The summed E-state index contributed by atoms with van der Waals surface area (Å²) in [5.74, 6) is 0. The number of benzene rings is 1. The number of para-hydroxylation sites is 1. The van der Waals surface area contributed by atoms with Crippen molar-refractivity contribution < 1.29 is 4.94 Å². The van der Waals surface area contributed by atoms with Crippen LogP contribution < -0.4 is 10.5 Å². The van der Waals surface area contributed by atoms with Crippen molar-refractivity contribution in [1.82, 2.24) is 4.73 Å². The van der Waals surface area contributed by atoms with Gasteiger partial charge in [-0.2, -0.15) is 0 Å². The Morgan fingerprint density at radius 3 is 2.71 bits per heavy atom. The average molecular weight is 190 g/mol. The molecule has 0 saturated heterocycles. The molecule has 0 spiro atoms. The van der Waals surface area contributed by atoms with Crippen molar-refractivity contribution in [3.63, 3.8) is 0 Å². The highest BCUT2D eigenvalue weighted by molar-refractivity contribution is 5.78. The molecule has 0 aliphatic rings. The molecule has 0 N–H and O–H groups in total. The molecule has 0 fully saturated rings. The van der Waals surface area contributed by atoms with Gasteiger partial charge in [-0.15, -0.1) is 9.64 Å². The Balaban J connectivity index is 2.82. The number of rotatable bonds is 2. The van der Waals surface area contributed by atoms with Crippen LogP contribution in [0.3, 0.4) is 0 Å². The first-order valence-corrected chi connectivity index (χ1v) is 3.94. The fraction of sp³-hybridized carbons (Fsp3) is 0. The van der Waals surface area contributed by atoms with Gasteiger partial charge in [-0.3, -0.25) is 4.79 Å². The van der Waals surface area contributed by atoms with Gasteiger partial charge in [0.25, 0.3) is 5.56 Å². The lowest BCUT2D eigenvalue weighted by Crippen LogP contribution is -2.23. The normalized spacial score (nSPS) is 10.0. The monoisotopic (exact) mass is 190 g/mol. The highest BCUT2D eigenvalue weighted by atomic mass is 16.8. The predicted molar refractivity (Wildman–Crippen MR) is 50.6 cm³/mol. The molecular formula is C9H6N2O3. The fourth-order valence-corrected chi connectivity index (χ4v) is 1.28. The highest BCUT2D eigenvalue weighted by Crippen LogP contribution is 2.09. The third-order valence-corrected chi connectivity index (χ3v) is 1.88. The van der Waals surface area contributed by atoms with Gasteiger partial charge in [0.1, 0.15) is 0 Å². The lowest BCUT2D eigenvalue weighted by Gasteiger charge is -2.02. The van der Waals surface area contributed by atoms with Gasteiger partial charge in [0.15, 0.2) is 5.34 Å². The minimum atomic E-state index is -0.427. The van der Waals surface area contributed by atoms with Crippen LogP contribution in [0.15, 0.2) is 46.5 Å². The molecule has 5 nitrogen and oxygen atoms in total. The van der Waals surface area contributed by atoms with Crippen molar-refractivity contribution in [2.45, 2.75) is 0 Å². The van der Waals surface area contributed by atoms with Crippen LogP contribution in [0.4, 0.5) is 0 Å². The zero-order chi connectivity index (χ0) is 9.97. The number of hydrogen-bond donors (Lipinski definition) is 0. The molecule has 2 rings (SSSR count). The summed E-state index contributed by atoms with van der Waals surface area (Å²) >= 11 is 0. The van der Waals surface area contributed by atoms with Crippen LogP contribution >= 0.6 is 0 Å². The quantitative estimate of drug-likeness (QED) is 0.526. The Bertz CT molecular complexity index is 533. The Morgan fingerprint density at radius 2 is 1.93 bits per heavy atom. The first kappa shape index (κ1) is 8.43. The van der Waals surface area contributed by atoms with Crippen molar-refractivity contribution in [3.8, 4) is 0 Å². The van der Waals surface area contributed by atoms with Gasteiger partial charge in [-0.05, 0) is 12.1 Å². The number of pyridine rings is 1. The zero-order valence-corrected chi connectivity index (χ0v) is 7.08. The van der Waals surface area contributed by atoms with E-state index in [0.717, 1.165) is 10.1 Å². The number of aromatic nitrogens is 1. The second kappa shape index (κ2) is 3.29. The van der Waals surface area contributed by atoms with Gasteiger partial charge in [0.05, 0.1) is 5.52 Å². The first-order chi connectivity index (χ1) is 6.83. The lowest BCUT2D eigenvalue weighted by molar-refractivity contribution is 0.116. The summed E-state index contributed by atoms with van der Waals surface area (Å²) in [7, 11) is 0. The Labute approximate surface area is 78.4 Å². The Morgan fingerprint density at radius 1 is 1.14 bits per heavy atom. The van der Waals surface area contributed by atoms with Gasteiger partial charge in [0, 0.05) is 11.5 Å². The van der Waals surface area contributed by atoms with Crippen molar-refractivity contribution in [1.29, 1.82) is 0 Å². The molecule has 0 saturated carbocycles. The second-order valence-electron chi connectivity index (χ2n) is 2.68. The van der Waals surface area contributed by atoms with E-state index in [-0.39, 0.29) is 0 Å². The van der Waals surface area contributed by atoms with E-state index in [1.165, 1.54) is 6.07 Å². The molecule has 0 bridgehead atoms. The highest BCUT2D eigenvalue weighted by Gasteiger charge is 2.02. The summed E-state index contributed by atoms with van der Waals surface area (Å²) < 4.78 is 0.850. The Hall–Kier alpha value is -2.17. The van der Waals surface area contributed by atoms with Crippen LogP contribution in [0.5, 0.6) is 0 Å². The van der Waals surface area contributed by atoms with Crippen LogP contribution in [0, 0.1) is 4.91 Å². The maximum atomic E-state index is 11.3. The molecule has 0 amide bonds. The molecule has 0 atom stereocenters. The summed E-state index contributed by atoms with van der Waals surface area (Å²) in [5, 5.41) is 3.03. The molecule has 2 aromatic rings. The van der Waals surface area contributed by atoms with E-state index in [0.29, 0.717) is 5.52 Å².